The molecule has 562 valence electrons. The van der Waals surface area contributed by atoms with Crippen LogP contribution in [0.25, 0.3) is 11.0 Å². The zero-order valence-corrected chi connectivity index (χ0v) is 62.9. The Balaban J connectivity index is 0.000000256. The molecule has 26 nitrogen and oxygen atoms in total. The number of nitrogen functional groups attached to an aromatic ring is 1. The lowest BCUT2D eigenvalue weighted by atomic mass is 9.81. The number of primary sulfonamides is 1. The molecule has 0 amide bonds. The molecule has 7 N–H and O–H groups in total. The number of sulfone groups is 2. The minimum atomic E-state index is -4.36. The Bertz CT molecular complexity index is 4970. The van der Waals surface area contributed by atoms with Crippen LogP contribution in [0.3, 0.4) is 0 Å². The van der Waals surface area contributed by atoms with Gasteiger partial charge in [0.1, 0.15) is 44.3 Å². The van der Waals surface area contributed by atoms with Gasteiger partial charge in [0.15, 0.2) is 36.9 Å². The minimum absolute atomic E-state index is 0.000231. The molecule has 0 radical (unpaired) electrons. The average Bonchev–Trinajstić information content (AvgIpc) is 0.748. The Morgan fingerprint density at radius 3 is 1.55 bits per heavy atom. The number of rotatable bonds is 21. The Labute approximate surface area is 596 Å². The van der Waals surface area contributed by atoms with Gasteiger partial charge in [0, 0.05) is 36.0 Å². The van der Waals surface area contributed by atoms with Gasteiger partial charge < -0.3 is 35.5 Å². The monoisotopic (exact) mass is 1520 g/mol. The first kappa shape index (κ1) is 84.6. The molecule has 33 heteroatoms. The summed E-state index contributed by atoms with van der Waals surface area (Å²) in [5.41, 5.74) is 5.17. The number of nitrogens with two attached hydrogens (primary N) is 2. The molecular formula is C70H88F3N7O19S4. The van der Waals surface area contributed by atoms with E-state index in [0.29, 0.717) is 71.9 Å². The van der Waals surface area contributed by atoms with Gasteiger partial charge in [-0.1, -0.05) is 74.4 Å². The van der Waals surface area contributed by atoms with Gasteiger partial charge in [-0.15, -0.1) is 4.40 Å². The number of nitrogens with one attached hydrogen (secondary N) is 1. The molecule has 103 heavy (non-hydrogen) atoms. The van der Waals surface area contributed by atoms with Gasteiger partial charge in [-0.05, 0) is 147 Å². The maximum Gasteiger partial charge on any atom is 0.347 e. The number of ether oxygens (including phenoxy) is 3. The van der Waals surface area contributed by atoms with E-state index in [4.69, 9.17) is 25.1 Å². The van der Waals surface area contributed by atoms with Gasteiger partial charge in [-0.2, -0.15) is 8.42 Å². The molecule has 1 aliphatic rings. The third kappa shape index (κ3) is 24.0. The molecule has 7 aromatic rings. The summed E-state index contributed by atoms with van der Waals surface area (Å²) in [6.07, 6.45) is 8.20. The molecule has 0 spiro atoms. The lowest BCUT2D eigenvalue weighted by Crippen LogP contribution is -2.38. The van der Waals surface area contributed by atoms with Gasteiger partial charge in [-0.3, -0.25) is 37.8 Å². The van der Waals surface area contributed by atoms with Crippen molar-refractivity contribution in [2.75, 3.05) is 43.4 Å². The lowest BCUT2D eigenvalue weighted by molar-refractivity contribution is -0.164. The first-order valence-electron chi connectivity index (χ1n) is 32.2. The highest BCUT2D eigenvalue weighted by atomic mass is 32.2. The second-order valence-electron chi connectivity index (χ2n) is 27.9. The number of nitrogens with zero attached hydrogens (tertiary/aromatic N) is 4. The highest BCUT2D eigenvalue weighted by molar-refractivity contribution is 7.91. The number of Topliss-reactive ketones (excluding diaryl/α,β-unsaturated/α-hetero) is 1. The molecule has 1 unspecified atom stereocenters. The van der Waals surface area contributed by atoms with Crippen LogP contribution in [-0.4, -0.2) is 120 Å². The van der Waals surface area contributed by atoms with Crippen molar-refractivity contribution in [3.05, 3.63) is 169 Å². The summed E-state index contributed by atoms with van der Waals surface area (Å²) < 4.78 is 155. The Kier molecular flexibility index (Phi) is 28.0. The van der Waals surface area contributed by atoms with E-state index >= 15 is 0 Å². The molecule has 1 aliphatic heterocycles. The summed E-state index contributed by atoms with van der Waals surface area (Å²) in [6.45, 7) is 23.1. The summed E-state index contributed by atoms with van der Waals surface area (Å²) in [5.74, 6) is -9.61. The normalized spacial score (nSPS) is 13.3. The van der Waals surface area contributed by atoms with Crippen LogP contribution in [-0.2, 0) is 92.7 Å². The van der Waals surface area contributed by atoms with Crippen molar-refractivity contribution >= 4 is 91.7 Å². The topological polar surface area (TPSA) is 405 Å². The molecule has 8 rings (SSSR count). The first-order chi connectivity index (χ1) is 47.4. The number of halogens is 3. The Hall–Kier alpha value is -9.05. The lowest BCUT2D eigenvalue weighted by Gasteiger charge is -2.24. The van der Waals surface area contributed by atoms with E-state index in [-0.39, 0.29) is 80.1 Å². The number of aryl methyl sites for hydroxylation is 2. The number of aromatic hydroxyl groups is 2. The average molecular weight is 1520 g/mol. The molecule has 6 heterocycles. The number of carbonyl (C=O) groups is 4. The fourth-order valence-electron chi connectivity index (χ4n) is 10.4. The third-order valence-electron chi connectivity index (χ3n) is 15.3. The maximum absolute atomic E-state index is 14.1. The Morgan fingerprint density at radius 1 is 0.631 bits per heavy atom. The number of anilines is 2. The van der Waals surface area contributed by atoms with Crippen LogP contribution >= 0.6 is 0 Å². The van der Waals surface area contributed by atoms with Crippen molar-refractivity contribution in [2.24, 2.45) is 31.7 Å². The van der Waals surface area contributed by atoms with Crippen LogP contribution in [0.2, 0.25) is 0 Å². The summed E-state index contributed by atoms with van der Waals surface area (Å²) in [4.78, 5) is 79.1. The summed E-state index contributed by atoms with van der Waals surface area (Å²) >= 11 is 0. The number of pyridine rings is 5. The molecule has 5 aromatic heterocycles. The van der Waals surface area contributed by atoms with Crippen molar-refractivity contribution in [3.8, 4) is 11.5 Å². The number of hydrogen-bond acceptors (Lipinski definition) is 22. The van der Waals surface area contributed by atoms with Crippen molar-refractivity contribution in [1.82, 2.24) is 13.8 Å². The van der Waals surface area contributed by atoms with E-state index in [1.807, 2.05) is 62.3 Å². The summed E-state index contributed by atoms with van der Waals surface area (Å²) in [5, 5.41) is 29.4. The molecule has 0 fully saturated rings. The second-order valence-corrected chi connectivity index (χ2v) is 35.3. The number of fused-ring (bicyclic) bond motifs is 3. The van der Waals surface area contributed by atoms with Crippen molar-refractivity contribution in [1.29, 1.82) is 0 Å². The molecule has 0 bridgehead atoms. The second kappa shape index (κ2) is 34.0. The van der Waals surface area contributed by atoms with E-state index in [1.54, 1.807) is 20.8 Å². The predicted octanol–water partition coefficient (Wildman–Crippen LogP) is 9.43. The third-order valence-corrected chi connectivity index (χ3v) is 19.3. The number of benzene rings is 2. The van der Waals surface area contributed by atoms with E-state index in [9.17, 15) is 85.8 Å². The van der Waals surface area contributed by atoms with Gasteiger partial charge in [-0.25, -0.2) is 48.4 Å². The van der Waals surface area contributed by atoms with Crippen LogP contribution in [0.1, 0.15) is 159 Å². The van der Waals surface area contributed by atoms with E-state index in [1.165, 1.54) is 72.8 Å². The minimum Gasteiger partial charge on any atom is -0.507 e. The smallest absolute Gasteiger partial charge is 0.347 e. The van der Waals surface area contributed by atoms with Gasteiger partial charge >= 0.3 is 17.9 Å². The summed E-state index contributed by atoms with van der Waals surface area (Å²) in [7, 11) is -14.9. The first-order valence-corrected chi connectivity index (χ1v) is 39.3. The largest absolute Gasteiger partial charge is 0.507 e. The van der Waals surface area contributed by atoms with Crippen molar-refractivity contribution in [2.45, 2.75) is 149 Å². The Morgan fingerprint density at radius 2 is 1.10 bits per heavy atom. The SMILES string of the molecule is CC(C)(C)CCc1c(O)c(C2=NS(=O)(=O)c3cc(CS(C)(=O)=O)ccc3N2)c(=O)n2cc(F)ccc12.CCOC(=O)C(C(=O)OCC)C(=O)C(CCC(C)(C)C)c1ccc(F)cn1.CCOC(=O)c1c(O)c(CCC(C)(C)C)c2ccc(F)cn2c1=O.CS(=O)(=O)Cc1ccc(N)c(S(N)(=O)=O)c1. The van der Waals surface area contributed by atoms with E-state index in [0.717, 1.165) is 39.9 Å². The number of amidine groups is 1. The number of esters is 3. The standard InChI is InChI=1S/C24H26FN3O6S2.C20H28FNO5.C18H22FNO4.C8H12N2O4S2/c1-24(2,3)10-9-16-18-8-6-15(25)12-28(18)23(30)20(21(16)29)22-26-17-7-5-14(13-35(4,31)32)11-19(17)36(33,34)27-22;1-6-26-18(24)16(19(25)27-7-2)17(23)14(10-11-20(3,4)5)15-9-8-13(21)12-22-15;1-5-24-17(23)14-15(21)12(8-9-18(2,3)4)13-7-6-11(19)10-20(13)16(14)22;1-15(11,12)5-6-2-3-7(9)8(4-6)16(10,13)14/h5-8,11-12,29H,9-10,13H2,1-4H3,(H,26,27);8-9,12,14,16H,6-7,10-11H2,1-5H3;6-7,10,21H,5,8-9H2,1-4H3;2-4H,5,9H2,1H3,(H2,10,13,14). The number of ketones is 1. The van der Waals surface area contributed by atoms with Gasteiger partial charge in [0.2, 0.25) is 15.9 Å². The molecule has 0 saturated carbocycles. The highest BCUT2D eigenvalue weighted by Crippen LogP contribution is 2.37. The van der Waals surface area contributed by atoms with Crippen LogP contribution in [0, 0.1) is 39.6 Å². The summed E-state index contributed by atoms with van der Waals surface area (Å²) in [6, 6.07) is 15.8. The van der Waals surface area contributed by atoms with Crippen molar-refractivity contribution in [3.63, 3.8) is 0 Å². The van der Waals surface area contributed by atoms with Crippen molar-refractivity contribution < 1.29 is 90.4 Å². The van der Waals surface area contributed by atoms with Gasteiger partial charge in [0.05, 0.1) is 71.5 Å². The molecular weight excluding hydrogens is 1430 g/mol. The van der Waals surface area contributed by atoms with Crippen LogP contribution in [0.4, 0.5) is 24.5 Å². The quantitative estimate of drug-likeness (QED) is 0.0193. The zero-order valence-electron chi connectivity index (χ0n) is 59.6. The van der Waals surface area contributed by atoms with E-state index < -0.39 is 127 Å². The zero-order chi connectivity index (χ0) is 77.9. The van der Waals surface area contributed by atoms with Crippen LogP contribution in [0.15, 0.2) is 115 Å². The molecule has 0 aliphatic carbocycles. The fourth-order valence-corrected chi connectivity index (χ4v) is 13.8. The molecule has 1 atom stereocenters. The number of hydrogen-bond donors (Lipinski definition) is 5. The number of carbonyl (C=O) groups excluding carboxylic acids is 4. The molecule has 0 saturated heterocycles. The number of aromatic nitrogens is 3. The van der Waals surface area contributed by atoms with Crippen LogP contribution < -0.4 is 27.3 Å². The predicted molar refractivity (Wildman–Crippen MR) is 383 cm³/mol. The highest BCUT2D eigenvalue weighted by Gasteiger charge is 2.42. The molecule has 2 aromatic carbocycles. The maximum atomic E-state index is 14.1. The fraction of sp³-hybridized carbons (Fsp3) is 0.429. The van der Waals surface area contributed by atoms with Crippen LogP contribution in [0.5, 0.6) is 11.5 Å². The van der Waals surface area contributed by atoms with Gasteiger partial charge in [0.25, 0.3) is 21.1 Å². The van der Waals surface area contributed by atoms with E-state index in [2.05, 4.69) is 14.7 Å². The number of sulfonamides is 2.